The second-order valence-corrected chi connectivity index (χ2v) is 7.79. The highest BCUT2D eigenvalue weighted by Crippen LogP contribution is 2.19. The third kappa shape index (κ3) is 6.07. The van der Waals surface area contributed by atoms with E-state index in [0.29, 0.717) is 12.0 Å². The SMILES string of the molecule is CC(C)CNCc1ccc(COCC2CCCCN2C)s1. The van der Waals surface area contributed by atoms with E-state index < -0.39 is 0 Å². The van der Waals surface area contributed by atoms with Crippen LogP contribution in [-0.4, -0.2) is 37.7 Å². The monoisotopic (exact) mass is 310 g/mol. The fourth-order valence-corrected chi connectivity index (χ4v) is 3.65. The molecule has 0 radical (unpaired) electrons. The molecule has 21 heavy (non-hydrogen) atoms. The molecule has 1 aliphatic heterocycles. The van der Waals surface area contributed by atoms with Crippen molar-refractivity contribution in [2.24, 2.45) is 5.92 Å². The van der Waals surface area contributed by atoms with Crippen molar-refractivity contribution in [2.45, 2.75) is 52.3 Å². The maximum atomic E-state index is 5.93. The number of piperidine rings is 1. The molecule has 1 saturated heterocycles. The van der Waals surface area contributed by atoms with Crippen molar-refractivity contribution in [1.82, 2.24) is 10.2 Å². The van der Waals surface area contributed by atoms with Crippen LogP contribution < -0.4 is 5.32 Å². The standard InChI is InChI=1S/C17H30N2OS/c1-14(2)10-18-11-16-7-8-17(21-16)13-20-12-15-6-4-5-9-19(15)3/h7-8,14-15,18H,4-6,9-13H2,1-3H3. The molecule has 4 heteroatoms. The van der Waals surface area contributed by atoms with Crippen molar-refractivity contribution in [2.75, 3.05) is 26.7 Å². The van der Waals surface area contributed by atoms with E-state index in [4.69, 9.17) is 4.74 Å². The van der Waals surface area contributed by atoms with Crippen LogP contribution in [0.5, 0.6) is 0 Å². The van der Waals surface area contributed by atoms with E-state index >= 15 is 0 Å². The Kier molecular flexibility index (Phi) is 7.17. The number of likely N-dealkylation sites (N-methyl/N-ethyl adjacent to an activating group) is 1. The van der Waals surface area contributed by atoms with E-state index in [2.05, 4.69) is 43.2 Å². The predicted molar refractivity (Wildman–Crippen MR) is 90.8 cm³/mol. The number of thiophene rings is 1. The van der Waals surface area contributed by atoms with E-state index in [1.165, 1.54) is 35.6 Å². The average Bonchev–Trinajstić information content (AvgIpc) is 2.88. The maximum absolute atomic E-state index is 5.93. The zero-order valence-corrected chi connectivity index (χ0v) is 14.5. The average molecular weight is 311 g/mol. The summed E-state index contributed by atoms with van der Waals surface area (Å²) in [5.41, 5.74) is 0. The Hall–Kier alpha value is -0.420. The first-order chi connectivity index (χ1) is 10.1. The summed E-state index contributed by atoms with van der Waals surface area (Å²) in [5.74, 6) is 0.709. The van der Waals surface area contributed by atoms with Crippen LogP contribution in [-0.2, 0) is 17.9 Å². The molecular formula is C17H30N2OS. The Labute approximate surface area is 133 Å². The minimum absolute atomic E-state index is 0.617. The summed E-state index contributed by atoms with van der Waals surface area (Å²) in [6.45, 7) is 9.39. The second-order valence-electron chi connectivity index (χ2n) is 6.54. The van der Waals surface area contributed by atoms with Crippen LogP contribution in [0.15, 0.2) is 12.1 Å². The second kappa shape index (κ2) is 8.89. The van der Waals surface area contributed by atoms with Crippen molar-refractivity contribution in [3.63, 3.8) is 0 Å². The molecular weight excluding hydrogens is 280 g/mol. The lowest BCUT2D eigenvalue weighted by Crippen LogP contribution is -2.39. The molecule has 120 valence electrons. The van der Waals surface area contributed by atoms with Crippen molar-refractivity contribution < 1.29 is 4.74 Å². The first-order valence-corrected chi connectivity index (χ1v) is 9.03. The molecule has 1 unspecified atom stereocenters. The van der Waals surface area contributed by atoms with Crippen molar-refractivity contribution in [1.29, 1.82) is 0 Å². The summed E-state index contributed by atoms with van der Waals surface area (Å²) in [4.78, 5) is 5.19. The number of hydrogen-bond donors (Lipinski definition) is 1. The van der Waals surface area contributed by atoms with Crippen molar-refractivity contribution >= 4 is 11.3 Å². The lowest BCUT2D eigenvalue weighted by atomic mass is 10.0. The predicted octanol–water partition coefficient (Wildman–Crippen LogP) is 3.49. The van der Waals surface area contributed by atoms with Gasteiger partial charge in [0.1, 0.15) is 0 Å². The Morgan fingerprint density at radius 1 is 1.33 bits per heavy atom. The van der Waals surface area contributed by atoms with Gasteiger partial charge in [-0.25, -0.2) is 0 Å². The number of hydrogen-bond acceptors (Lipinski definition) is 4. The van der Waals surface area contributed by atoms with E-state index in [1.807, 2.05) is 11.3 Å². The summed E-state index contributed by atoms with van der Waals surface area (Å²) in [6.07, 6.45) is 3.97. The molecule has 3 nitrogen and oxygen atoms in total. The Morgan fingerprint density at radius 2 is 2.14 bits per heavy atom. The van der Waals surface area contributed by atoms with Gasteiger partial charge in [0, 0.05) is 22.3 Å². The molecule has 0 amide bonds. The Balaban J connectivity index is 1.65. The van der Waals surface area contributed by atoms with Gasteiger partial charge in [0.05, 0.1) is 13.2 Å². The molecule has 1 atom stereocenters. The summed E-state index contributed by atoms with van der Waals surface area (Å²) in [6, 6.07) is 5.05. The molecule has 1 aromatic heterocycles. The quantitative estimate of drug-likeness (QED) is 0.795. The molecule has 0 spiro atoms. The topological polar surface area (TPSA) is 24.5 Å². The molecule has 0 aromatic carbocycles. The smallest absolute Gasteiger partial charge is 0.0810 e. The van der Waals surface area contributed by atoms with Gasteiger partial charge >= 0.3 is 0 Å². The van der Waals surface area contributed by atoms with Gasteiger partial charge in [-0.1, -0.05) is 20.3 Å². The number of rotatable bonds is 8. The molecule has 2 heterocycles. The lowest BCUT2D eigenvalue weighted by molar-refractivity contribution is 0.0455. The lowest BCUT2D eigenvalue weighted by Gasteiger charge is -2.32. The van der Waals surface area contributed by atoms with Crippen molar-refractivity contribution in [3.05, 3.63) is 21.9 Å². The Bertz CT molecular complexity index is 405. The third-order valence-electron chi connectivity index (χ3n) is 4.05. The minimum Gasteiger partial charge on any atom is -0.374 e. The van der Waals surface area contributed by atoms with Crippen LogP contribution in [0.1, 0.15) is 42.9 Å². The van der Waals surface area contributed by atoms with Crippen LogP contribution in [0.4, 0.5) is 0 Å². The molecule has 1 aliphatic rings. The fraction of sp³-hybridized carbons (Fsp3) is 0.765. The first-order valence-electron chi connectivity index (χ1n) is 8.21. The van der Waals surface area contributed by atoms with Crippen LogP contribution in [0.25, 0.3) is 0 Å². The van der Waals surface area contributed by atoms with Crippen LogP contribution in [0.2, 0.25) is 0 Å². The largest absolute Gasteiger partial charge is 0.374 e. The summed E-state index contributed by atoms with van der Waals surface area (Å²) < 4.78 is 5.93. The molecule has 0 aliphatic carbocycles. The van der Waals surface area contributed by atoms with E-state index in [1.54, 1.807) is 0 Å². The minimum atomic E-state index is 0.617. The van der Waals surface area contributed by atoms with E-state index in [0.717, 1.165) is 26.3 Å². The van der Waals surface area contributed by atoms with Crippen LogP contribution in [0.3, 0.4) is 0 Å². The van der Waals surface area contributed by atoms with Crippen LogP contribution in [0, 0.1) is 5.92 Å². The van der Waals surface area contributed by atoms with Gasteiger partial charge in [-0.2, -0.15) is 0 Å². The van der Waals surface area contributed by atoms with Gasteiger partial charge in [-0.3, -0.25) is 0 Å². The van der Waals surface area contributed by atoms with E-state index in [9.17, 15) is 0 Å². The highest BCUT2D eigenvalue weighted by molar-refractivity contribution is 7.11. The molecule has 1 N–H and O–H groups in total. The van der Waals surface area contributed by atoms with Gasteiger partial charge in [-0.15, -0.1) is 11.3 Å². The zero-order valence-electron chi connectivity index (χ0n) is 13.7. The van der Waals surface area contributed by atoms with Crippen LogP contribution >= 0.6 is 11.3 Å². The highest BCUT2D eigenvalue weighted by Gasteiger charge is 2.18. The number of ether oxygens (including phenoxy) is 1. The summed E-state index contributed by atoms with van der Waals surface area (Å²) in [7, 11) is 2.22. The van der Waals surface area contributed by atoms with Gasteiger partial charge in [0.25, 0.3) is 0 Å². The van der Waals surface area contributed by atoms with Crippen molar-refractivity contribution in [3.8, 4) is 0 Å². The Morgan fingerprint density at radius 3 is 2.90 bits per heavy atom. The normalized spacial score (nSPS) is 20.3. The molecule has 2 rings (SSSR count). The fourth-order valence-electron chi connectivity index (χ4n) is 2.73. The number of nitrogens with zero attached hydrogens (tertiary/aromatic N) is 1. The van der Waals surface area contributed by atoms with Gasteiger partial charge < -0.3 is 15.0 Å². The molecule has 0 saturated carbocycles. The van der Waals surface area contributed by atoms with Gasteiger partial charge in [0.2, 0.25) is 0 Å². The maximum Gasteiger partial charge on any atom is 0.0810 e. The molecule has 1 fully saturated rings. The molecule has 1 aromatic rings. The highest BCUT2D eigenvalue weighted by atomic mass is 32.1. The molecule has 0 bridgehead atoms. The van der Waals surface area contributed by atoms with E-state index in [-0.39, 0.29) is 0 Å². The summed E-state index contributed by atoms with van der Waals surface area (Å²) >= 11 is 1.87. The summed E-state index contributed by atoms with van der Waals surface area (Å²) in [5, 5.41) is 3.49. The number of nitrogens with one attached hydrogen (secondary N) is 1. The van der Waals surface area contributed by atoms with Gasteiger partial charge in [-0.05, 0) is 51.0 Å². The zero-order chi connectivity index (χ0) is 15.1. The van der Waals surface area contributed by atoms with Gasteiger partial charge in [0.15, 0.2) is 0 Å². The number of likely N-dealkylation sites (tertiary alicyclic amines) is 1. The first kappa shape index (κ1) is 16.9. The third-order valence-corrected chi connectivity index (χ3v) is 5.10.